The van der Waals surface area contributed by atoms with E-state index in [9.17, 15) is 10.2 Å². The van der Waals surface area contributed by atoms with E-state index in [1.54, 1.807) is 7.11 Å². The molecule has 1 aromatic carbocycles. The Kier molecular flexibility index (Phi) is 5.51. The topological polar surface area (TPSA) is 68.2 Å². The van der Waals surface area contributed by atoms with E-state index in [0.29, 0.717) is 6.61 Å². The second-order valence-electron chi connectivity index (χ2n) is 5.07. The van der Waals surface area contributed by atoms with Gasteiger partial charge in [0.1, 0.15) is 12.2 Å². The largest absolute Gasteiger partial charge is 0.394 e. The van der Waals surface area contributed by atoms with Crippen LogP contribution in [0.15, 0.2) is 30.3 Å². The molecule has 5 atom stereocenters. The molecule has 2 N–H and O–H groups in total. The summed E-state index contributed by atoms with van der Waals surface area (Å²) in [5.41, 5.74) is 1.04. The van der Waals surface area contributed by atoms with Crippen molar-refractivity contribution >= 4 is 0 Å². The van der Waals surface area contributed by atoms with Crippen LogP contribution in [0.2, 0.25) is 0 Å². The van der Waals surface area contributed by atoms with Crippen LogP contribution in [0.25, 0.3) is 0 Å². The van der Waals surface area contributed by atoms with Crippen LogP contribution in [0.1, 0.15) is 12.5 Å². The van der Waals surface area contributed by atoms with E-state index in [2.05, 4.69) is 0 Å². The molecule has 0 saturated carbocycles. The maximum absolute atomic E-state index is 10.2. The van der Waals surface area contributed by atoms with Crippen molar-refractivity contribution in [2.45, 2.75) is 38.1 Å². The summed E-state index contributed by atoms with van der Waals surface area (Å²) in [6, 6.07) is 9.76. The first kappa shape index (κ1) is 15.4. The van der Waals surface area contributed by atoms with Crippen LogP contribution in [0, 0.1) is 5.92 Å². The monoisotopic (exact) mass is 282 g/mol. The smallest absolute Gasteiger partial charge is 0.162 e. The number of rotatable bonds is 5. The summed E-state index contributed by atoms with van der Waals surface area (Å²) in [5.74, 6) is -0.124. The van der Waals surface area contributed by atoms with Gasteiger partial charge >= 0.3 is 0 Å². The Morgan fingerprint density at radius 2 is 1.95 bits per heavy atom. The van der Waals surface area contributed by atoms with Crippen molar-refractivity contribution in [3.05, 3.63) is 35.9 Å². The lowest BCUT2D eigenvalue weighted by Crippen LogP contribution is -2.56. The Morgan fingerprint density at radius 3 is 2.55 bits per heavy atom. The summed E-state index contributed by atoms with van der Waals surface area (Å²) in [6.45, 7) is 2.04. The number of aliphatic hydroxyl groups is 2. The summed E-state index contributed by atoms with van der Waals surface area (Å²) in [4.78, 5) is 0. The van der Waals surface area contributed by atoms with Crippen LogP contribution in [-0.4, -0.2) is 48.5 Å². The number of benzene rings is 1. The summed E-state index contributed by atoms with van der Waals surface area (Å²) in [6.07, 6.45) is -2.48. The maximum atomic E-state index is 10.2. The molecule has 20 heavy (non-hydrogen) atoms. The SMILES string of the molecule is CO[C@@H]1OC(CO)[C@H](O)[C@H](OCc2ccccc2)C1C. The van der Waals surface area contributed by atoms with Crippen molar-refractivity contribution in [1.82, 2.24) is 0 Å². The van der Waals surface area contributed by atoms with E-state index in [-0.39, 0.29) is 12.5 Å². The summed E-state index contributed by atoms with van der Waals surface area (Å²) in [5, 5.41) is 19.5. The molecule has 0 aliphatic carbocycles. The fourth-order valence-corrected chi connectivity index (χ4v) is 2.49. The number of hydrogen-bond donors (Lipinski definition) is 2. The van der Waals surface area contributed by atoms with E-state index in [1.165, 1.54) is 0 Å². The van der Waals surface area contributed by atoms with Crippen molar-refractivity contribution < 1.29 is 24.4 Å². The highest BCUT2D eigenvalue weighted by Crippen LogP contribution is 2.29. The fraction of sp³-hybridized carbons (Fsp3) is 0.600. The van der Waals surface area contributed by atoms with Gasteiger partial charge in [0.15, 0.2) is 6.29 Å². The van der Waals surface area contributed by atoms with Gasteiger partial charge in [-0.25, -0.2) is 0 Å². The second kappa shape index (κ2) is 7.15. The van der Waals surface area contributed by atoms with Crippen molar-refractivity contribution in [2.75, 3.05) is 13.7 Å². The van der Waals surface area contributed by atoms with Gasteiger partial charge in [0.25, 0.3) is 0 Å². The van der Waals surface area contributed by atoms with Gasteiger partial charge in [-0.05, 0) is 5.56 Å². The molecule has 1 saturated heterocycles. The van der Waals surface area contributed by atoms with E-state index in [0.717, 1.165) is 5.56 Å². The van der Waals surface area contributed by atoms with Crippen LogP contribution in [-0.2, 0) is 20.8 Å². The van der Waals surface area contributed by atoms with Crippen molar-refractivity contribution in [3.63, 3.8) is 0 Å². The minimum Gasteiger partial charge on any atom is -0.394 e. The molecule has 1 fully saturated rings. The van der Waals surface area contributed by atoms with Gasteiger partial charge in [0.05, 0.1) is 19.3 Å². The predicted octanol–water partition coefficient (Wildman–Crippen LogP) is 0.932. The first-order valence-electron chi connectivity index (χ1n) is 6.80. The first-order chi connectivity index (χ1) is 9.67. The average Bonchev–Trinajstić information content (AvgIpc) is 2.48. The molecule has 2 unspecified atom stereocenters. The molecule has 1 aliphatic rings. The molecule has 2 rings (SSSR count). The normalized spacial score (nSPS) is 34.1. The molecule has 0 bridgehead atoms. The van der Waals surface area contributed by atoms with Gasteiger partial charge in [-0.2, -0.15) is 0 Å². The van der Waals surface area contributed by atoms with Crippen LogP contribution in [0.3, 0.4) is 0 Å². The number of hydrogen-bond acceptors (Lipinski definition) is 5. The third-order valence-corrected chi connectivity index (χ3v) is 3.67. The molecule has 0 amide bonds. The number of methoxy groups -OCH3 is 1. The van der Waals surface area contributed by atoms with E-state index < -0.39 is 24.6 Å². The minimum absolute atomic E-state index is 0.124. The predicted molar refractivity (Wildman–Crippen MR) is 72.9 cm³/mol. The van der Waals surface area contributed by atoms with Crippen LogP contribution < -0.4 is 0 Å². The third kappa shape index (κ3) is 3.37. The Bertz CT molecular complexity index is 381. The molecule has 5 nitrogen and oxygen atoms in total. The van der Waals surface area contributed by atoms with E-state index in [1.807, 2.05) is 37.3 Å². The Hall–Kier alpha value is -0.980. The van der Waals surface area contributed by atoms with Crippen molar-refractivity contribution in [3.8, 4) is 0 Å². The zero-order valence-electron chi connectivity index (χ0n) is 11.8. The molecule has 1 aromatic rings. The van der Waals surface area contributed by atoms with Gasteiger partial charge in [-0.1, -0.05) is 37.3 Å². The quantitative estimate of drug-likeness (QED) is 0.841. The lowest BCUT2D eigenvalue weighted by molar-refractivity contribution is -0.284. The van der Waals surface area contributed by atoms with Crippen molar-refractivity contribution in [1.29, 1.82) is 0 Å². The summed E-state index contributed by atoms with van der Waals surface area (Å²) in [7, 11) is 1.54. The highest BCUT2D eigenvalue weighted by Gasteiger charge is 2.43. The van der Waals surface area contributed by atoms with Crippen LogP contribution in [0.4, 0.5) is 0 Å². The van der Waals surface area contributed by atoms with Gasteiger partial charge in [0.2, 0.25) is 0 Å². The molecular weight excluding hydrogens is 260 g/mol. The van der Waals surface area contributed by atoms with Gasteiger partial charge in [-0.3, -0.25) is 0 Å². The highest BCUT2D eigenvalue weighted by molar-refractivity contribution is 5.13. The van der Waals surface area contributed by atoms with Crippen LogP contribution >= 0.6 is 0 Å². The molecular formula is C15H22O5. The molecule has 0 radical (unpaired) electrons. The standard InChI is InChI=1S/C15H22O5/c1-10-14(19-9-11-6-4-3-5-7-11)13(17)12(8-16)20-15(10)18-2/h3-7,10,12-17H,8-9H2,1-2H3/t10?,12?,13-,14+,15+/m0/s1. The zero-order valence-corrected chi connectivity index (χ0v) is 11.8. The molecule has 1 heterocycles. The molecule has 0 aromatic heterocycles. The number of aliphatic hydroxyl groups excluding tert-OH is 2. The highest BCUT2D eigenvalue weighted by atomic mass is 16.7. The Balaban J connectivity index is 2.02. The minimum atomic E-state index is -0.870. The molecule has 5 heteroatoms. The van der Waals surface area contributed by atoms with Gasteiger partial charge in [-0.15, -0.1) is 0 Å². The summed E-state index contributed by atoms with van der Waals surface area (Å²) < 4.78 is 16.6. The first-order valence-corrected chi connectivity index (χ1v) is 6.80. The lowest BCUT2D eigenvalue weighted by Gasteiger charge is -2.42. The van der Waals surface area contributed by atoms with Crippen LogP contribution in [0.5, 0.6) is 0 Å². The molecule has 112 valence electrons. The van der Waals surface area contributed by atoms with E-state index >= 15 is 0 Å². The Labute approximate surface area is 119 Å². The number of ether oxygens (including phenoxy) is 3. The van der Waals surface area contributed by atoms with Gasteiger partial charge < -0.3 is 24.4 Å². The average molecular weight is 282 g/mol. The maximum Gasteiger partial charge on any atom is 0.162 e. The Morgan fingerprint density at radius 1 is 1.25 bits per heavy atom. The molecule has 0 spiro atoms. The zero-order chi connectivity index (χ0) is 14.5. The second-order valence-corrected chi connectivity index (χ2v) is 5.07. The molecule has 1 aliphatic heterocycles. The third-order valence-electron chi connectivity index (χ3n) is 3.67. The van der Waals surface area contributed by atoms with Gasteiger partial charge in [0, 0.05) is 13.0 Å². The fourth-order valence-electron chi connectivity index (χ4n) is 2.49. The van der Waals surface area contributed by atoms with E-state index in [4.69, 9.17) is 14.2 Å². The summed E-state index contributed by atoms with van der Waals surface area (Å²) >= 11 is 0. The van der Waals surface area contributed by atoms with Crippen molar-refractivity contribution in [2.24, 2.45) is 5.92 Å². The lowest BCUT2D eigenvalue weighted by atomic mass is 9.92.